The first-order chi connectivity index (χ1) is 15.0. The Morgan fingerprint density at radius 1 is 1.19 bits per heavy atom. The van der Waals surface area contributed by atoms with E-state index in [0.29, 0.717) is 12.1 Å². The minimum Gasteiger partial charge on any atom is -0.356 e. The van der Waals surface area contributed by atoms with Gasteiger partial charge in [-0.05, 0) is 31.0 Å². The van der Waals surface area contributed by atoms with Crippen LogP contribution in [0.4, 0.5) is 4.39 Å². The summed E-state index contributed by atoms with van der Waals surface area (Å²) < 4.78 is 20.0. The molecule has 0 aliphatic rings. The third-order valence-electron chi connectivity index (χ3n) is 5.00. The summed E-state index contributed by atoms with van der Waals surface area (Å²) in [5, 5.41) is 6.91. The largest absolute Gasteiger partial charge is 0.356 e. The summed E-state index contributed by atoms with van der Waals surface area (Å²) >= 11 is 0. The van der Waals surface area contributed by atoms with E-state index in [0.717, 1.165) is 12.0 Å². The van der Waals surface area contributed by atoms with Crippen LogP contribution in [0.1, 0.15) is 17.5 Å². The fourth-order valence-corrected chi connectivity index (χ4v) is 3.28. The van der Waals surface area contributed by atoms with E-state index in [2.05, 4.69) is 15.5 Å². The van der Waals surface area contributed by atoms with Crippen molar-refractivity contribution in [1.29, 1.82) is 0 Å². The van der Waals surface area contributed by atoms with Gasteiger partial charge in [-0.25, -0.2) is 9.37 Å². The number of hydrogen-bond acceptors (Lipinski definition) is 5. The van der Waals surface area contributed by atoms with Crippen LogP contribution in [-0.2, 0) is 17.8 Å². The maximum absolute atomic E-state index is 13.6. The summed E-state index contributed by atoms with van der Waals surface area (Å²) in [5.74, 6) is -0.602. The second-order valence-corrected chi connectivity index (χ2v) is 7.30. The second-order valence-electron chi connectivity index (χ2n) is 7.30. The summed E-state index contributed by atoms with van der Waals surface area (Å²) in [7, 11) is 0. The maximum atomic E-state index is 13.6. The van der Waals surface area contributed by atoms with E-state index in [4.69, 9.17) is 4.52 Å². The topological polar surface area (TPSA) is 90.0 Å². The summed E-state index contributed by atoms with van der Waals surface area (Å²) in [6.07, 6.45) is 2.18. The molecule has 31 heavy (non-hydrogen) atoms. The zero-order chi connectivity index (χ0) is 21.8. The van der Waals surface area contributed by atoms with Crippen LogP contribution in [0.5, 0.6) is 0 Å². The van der Waals surface area contributed by atoms with Crippen molar-refractivity contribution in [2.45, 2.75) is 26.3 Å². The first-order valence-corrected chi connectivity index (χ1v) is 9.94. The van der Waals surface area contributed by atoms with Gasteiger partial charge in [-0.1, -0.05) is 47.1 Å². The lowest BCUT2D eigenvalue weighted by Gasteiger charge is -2.07. The van der Waals surface area contributed by atoms with Crippen molar-refractivity contribution >= 4 is 17.0 Å². The van der Waals surface area contributed by atoms with E-state index >= 15 is 0 Å². The number of nitrogens with one attached hydrogen (secondary N) is 1. The molecular weight excluding hydrogens is 399 g/mol. The Morgan fingerprint density at radius 3 is 2.77 bits per heavy atom. The quantitative estimate of drug-likeness (QED) is 0.496. The standard InChI is InChI=1S/C23H21FN4O3/c1-15-5-7-16(8-6-15)9-11-25-19(29)10-12-28-14-26-22-20(23(28)30)21(27-31-22)17-3-2-4-18(24)13-17/h2-8,13-14H,9-12H2,1H3,(H,25,29). The Labute approximate surface area is 177 Å². The Morgan fingerprint density at radius 2 is 2.00 bits per heavy atom. The van der Waals surface area contributed by atoms with Crippen LogP contribution in [0.15, 0.2) is 64.2 Å². The van der Waals surface area contributed by atoms with E-state index in [9.17, 15) is 14.0 Å². The number of hydrogen-bond donors (Lipinski definition) is 1. The highest BCUT2D eigenvalue weighted by Gasteiger charge is 2.17. The Bertz CT molecular complexity index is 1280. The fraction of sp³-hybridized carbons (Fsp3) is 0.217. The molecule has 0 aliphatic carbocycles. The normalized spacial score (nSPS) is 11.0. The van der Waals surface area contributed by atoms with E-state index in [1.807, 2.05) is 31.2 Å². The zero-order valence-corrected chi connectivity index (χ0v) is 17.0. The van der Waals surface area contributed by atoms with Crippen LogP contribution in [0.25, 0.3) is 22.4 Å². The molecule has 0 radical (unpaired) electrons. The van der Waals surface area contributed by atoms with Crippen LogP contribution in [0, 0.1) is 12.7 Å². The molecule has 2 heterocycles. The monoisotopic (exact) mass is 420 g/mol. The number of fused-ring (bicyclic) bond motifs is 1. The molecule has 0 atom stereocenters. The molecule has 8 heteroatoms. The number of aromatic nitrogens is 3. The molecule has 1 N–H and O–H groups in total. The minimum absolute atomic E-state index is 0.0723. The zero-order valence-electron chi connectivity index (χ0n) is 17.0. The number of nitrogens with zero attached hydrogens (tertiary/aromatic N) is 3. The van der Waals surface area contributed by atoms with Gasteiger partial charge in [0.2, 0.25) is 5.91 Å². The third-order valence-corrected chi connectivity index (χ3v) is 5.00. The molecule has 4 aromatic rings. The summed E-state index contributed by atoms with van der Waals surface area (Å²) in [4.78, 5) is 29.2. The SMILES string of the molecule is Cc1ccc(CCNC(=O)CCn2cnc3onc(-c4cccc(F)c4)c3c2=O)cc1. The first-order valence-electron chi connectivity index (χ1n) is 9.94. The van der Waals surface area contributed by atoms with Crippen LogP contribution in [-0.4, -0.2) is 27.2 Å². The molecule has 0 fully saturated rings. The van der Waals surface area contributed by atoms with Crippen molar-refractivity contribution in [2.24, 2.45) is 0 Å². The predicted molar refractivity (Wildman–Crippen MR) is 114 cm³/mol. The van der Waals surface area contributed by atoms with Gasteiger partial charge in [0, 0.05) is 25.1 Å². The number of benzene rings is 2. The summed E-state index contributed by atoms with van der Waals surface area (Å²) in [6, 6.07) is 13.9. The molecule has 2 aromatic heterocycles. The van der Waals surface area contributed by atoms with E-state index in [1.165, 1.54) is 34.7 Å². The van der Waals surface area contributed by atoms with E-state index in [-0.39, 0.29) is 35.7 Å². The van der Waals surface area contributed by atoms with Crippen molar-refractivity contribution < 1.29 is 13.7 Å². The lowest BCUT2D eigenvalue weighted by molar-refractivity contribution is -0.121. The van der Waals surface area contributed by atoms with Gasteiger partial charge < -0.3 is 9.84 Å². The maximum Gasteiger partial charge on any atom is 0.266 e. The summed E-state index contributed by atoms with van der Waals surface area (Å²) in [5.41, 5.74) is 2.67. The molecule has 0 unspecified atom stereocenters. The molecule has 7 nitrogen and oxygen atoms in total. The van der Waals surface area contributed by atoms with Crippen molar-refractivity contribution in [3.63, 3.8) is 0 Å². The van der Waals surface area contributed by atoms with Crippen molar-refractivity contribution in [3.05, 3.63) is 82.2 Å². The molecule has 0 spiro atoms. The van der Waals surface area contributed by atoms with Crippen LogP contribution in [0.2, 0.25) is 0 Å². The average Bonchev–Trinajstić information content (AvgIpc) is 3.20. The second kappa shape index (κ2) is 8.91. The molecule has 0 aliphatic heterocycles. The number of halogens is 1. The number of aryl methyl sites for hydroxylation is 2. The lowest BCUT2D eigenvalue weighted by Crippen LogP contribution is -2.29. The molecule has 0 saturated carbocycles. The highest BCUT2D eigenvalue weighted by Crippen LogP contribution is 2.24. The fourth-order valence-electron chi connectivity index (χ4n) is 3.28. The van der Waals surface area contributed by atoms with Crippen LogP contribution in [0.3, 0.4) is 0 Å². The summed E-state index contributed by atoms with van der Waals surface area (Å²) in [6.45, 7) is 2.70. The molecule has 158 valence electrons. The van der Waals surface area contributed by atoms with Gasteiger partial charge in [-0.3, -0.25) is 14.2 Å². The predicted octanol–water partition coefficient (Wildman–Crippen LogP) is 3.25. The number of amides is 1. The Hall–Kier alpha value is -3.81. The first kappa shape index (κ1) is 20.5. The van der Waals surface area contributed by atoms with Crippen molar-refractivity contribution in [2.75, 3.05) is 6.54 Å². The van der Waals surface area contributed by atoms with Crippen LogP contribution < -0.4 is 10.9 Å². The lowest BCUT2D eigenvalue weighted by atomic mass is 10.1. The Kier molecular flexibility index (Phi) is 5.88. The van der Waals surface area contributed by atoms with Gasteiger partial charge in [0.25, 0.3) is 11.3 Å². The van der Waals surface area contributed by atoms with Crippen LogP contribution >= 0.6 is 0 Å². The van der Waals surface area contributed by atoms with Gasteiger partial charge >= 0.3 is 0 Å². The molecular formula is C23H21FN4O3. The third kappa shape index (κ3) is 4.69. The highest BCUT2D eigenvalue weighted by atomic mass is 19.1. The molecule has 4 rings (SSSR count). The molecule has 0 bridgehead atoms. The molecule has 0 saturated heterocycles. The number of rotatable bonds is 7. The van der Waals surface area contributed by atoms with Gasteiger partial charge in [-0.2, -0.15) is 0 Å². The van der Waals surface area contributed by atoms with Gasteiger partial charge in [0.05, 0.1) is 0 Å². The average molecular weight is 420 g/mol. The van der Waals surface area contributed by atoms with Gasteiger partial charge in [-0.15, -0.1) is 0 Å². The van der Waals surface area contributed by atoms with Gasteiger partial charge in [0.1, 0.15) is 23.2 Å². The van der Waals surface area contributed by atoms with E-state index < -0.39 is 11.4 Å². The van der Waals surface area contributed by atoms with Gasteiger partial charge in [0.15, 0.2) is 0 Å². The van der Waals surface area contributed by atoms with E-state index in [1.54, 1.807) is 6.07 Å². The smallest absolute Gasteiger partial charge is 0.266 e. The van der Waals surface area contributed by atoms with Crippen molar-refractivity contribution in [1.82, 2.24) is 20.0 Å². The molecule has 2 aromatic carbocycles. The number of carbonyl (C=O) groups is 1. The number of carbonyl (C=O) groups excluding carboxylic acids is 1. The molecule has 1 amide bonds. The highest BCUT2D eigenvalue weighted by molar-refractivity contribution is 5.88. The van der Waals surface area contributed by atoms with Crippen molar-refractivity contribution in [3.8, 4) is 11.3 Å². The minimum atomic E-state index is -0.444. The Balaban J connectivity index is 1.42.